The number of hydrogen-bond acceptors (Lipinski definition) is 5. The highest BCUT2D eigenvalue weighted by Crippen LogP contribution is 2.35. The molecule has 0 spiro atoms. The fourth-order valence-corrected chi connectivity index (χ4v) is 3.02. The number of pyridine rings is 2. The van der Waals surface area contributed by atoms with Crippen molar-refractivity contribution in [2.45, 2.75) is 6.54 Å². The molecule has 1 N–H and O–H groups in total. The van der Waals surface area contributed by atoms with Crippen molar-refractivity contribution in [3.63, 3.8) is 0 Å². The summed E-state index contributed by atoms with van der Waals surface area (Å²) in [5.74, 6) is 0.266. The summed E-state index contributed by atoms with van der Waals surface area (Å²) in [6, 6.07) is 3.60. The number of hydrogen-bond donors (Lipinski definition) is 1. The van der Waals surface area contributed by atoms with Crippen LogP contribution in [0.15, 0.2) is 24.5 Å². The van der Waals surface area contributed by atoms with Gasteiger partial charge in [-0.3, -0.25) is 14.5 Å². The van der Waals surface area contributed by atoms with Crippen LogP contribution in [0.3, 0.4) is 0 Å². The van der Waals surface area contributed by atoms with Crippen LogP contribution in [0.25, 0.3) is 22.2 Å². The number of nitrogens with zero attached hydrogens (tertiary/aromatic N) is 4. The maximum atomic E-state index is 12.0. The molecule has 7 nitrogen and oxygen atoms in total. The van der Waals surface area contributed by atoms with Crippen molar-refractivity contribution >= 4 is 28.4 Å². The number of nitrogens with one attached hydrogen (secondary N) is 1. The van der Waals surface area contributed by atoms with E-state index in [0.717, 1.165) is 10.9 Å². The third-order valence-electron chi connectivity index (χ3n) is 3.79. The third kappa shape index (κ3) is 2.12. The first-order chi connectivity index (χ1) is 11.2. The van der Waals surface area contributed by atoms with Crippen LogP contribution in [0.1, 0.15) is 10.5 Å². The van der Waals surface area contributed by atoms with Crippen molar-refractivity contribution < 1.29 is 9.53 Å². The summed E-state index contributed by atoms with van der Waals surface area (Å²) in [6.07, 6.45) is 3.30. The topological polar surface area (TPSA) is 81.9 Å². The van der Waals surface area contributed by atoms with Crippen molar-refractivity contribution in [2.75, 3.05) is 13.7 Å². The molecule has 4 heterocycles. The maximum Gasteiger partial charge on any atom is 0.271 e. The summed E-state index contributed by atoms with van der Waals surface area (Å²) in [6.45, 7) is 1.13. The van der Waals surface area contributed by atoms with Gasteiger partial charge in [0, 0.05) is 29.8 Å². The number of amides is 1. The van der Waals surface area contributed by atoms with Crippen molar-refractivity contribution in [3.05, 3.63) is 35.2 Å². The number of rotatable bonds is 2. The Morgan fingerprint density at radius 1 is 1.39 bits per heavy atom. The lowest BCUT2D eigenvalue weighted by atomic mass is 10.1. The van der Waals surface area contributed by atoms with E-state index in [4.69, 9.17) is 16.3 Å². The Morgan fingerprint density at radius 3 is 3.04 bits per heavy atom. The molecule has 0 atom stereocenters. The Hall–Kier alpha value is -2.67. The number of carbonyl (C=O) groups excluding carboxylic acids is 1. The number of methoxy groups -OCH3 is 1. The molecule has 0 radical (unpaired) electrons. The molecule has 3 aromatic heterocycles. The number of aromatic nitrogens is 4. The molecular weight excluding hydrogens is 318 g/mol. The quantitative estimate of drug-likeness (QED) is 0.776. The van der Waals surface area contributed by atoms with Crippen LogP contribution in [0.2, 0.25) is 5.02 Å². The van der Waals surface area contributed by atoms with Gasteiger partial charge in [0.2, 0.25) is 5.88 Å². The molecule has 1 aliphatic rings. The second kappa shape index (κ2) is 5.20. The molecule has 1 aliphatic heterocycles. The van der Waals surface area contributed by atoms with Gasteiger partial charge in [0.1, 0.15) is 11.4 Å². The molecule has 0 saturated heterocycles. The maximum absolute atomic E-state index is 12.0. The summed E-state index contributed by atoms with van der Waals surface area (Å²) in [5, 5.41) is 8.44. The molecule has 0 aliphatic carbocycles. The second-order valence-electron chi connectivity index (χ2n) is 5.09. The number of fused-ring (bicyclic) bond motifs is 2. The first-order valence-corrected chi connectivity index (χ1v) is 7.40. The van der Waals surface area contributed by atoms with Gasteiger partial charge in [0.05, 0.1) is 30.4 Å². The van der Waals surface area contributed by atoms with E-state index in [1.54, 1.807) is 30.3 Å². The largest absolute Gasteiger partial charge is 0.481 e. The summed E-state index contributed by atoms with van der Waals surface area (Å²) in [7, 11) is 1.55. The summed E-state index contributed by atoms with van der Waals surface area (Å²) in [5.41, 5.74) is 2.43. The lowest BCUT2D eigenvalue weighted by Crippen LogP contribution is -2.35. The number of halogens is 1. The molecule has 8 heteroatoms. The first-order valence-electron chi connectivity index (χ1n) is 7.02. The van der Waals surface area contributed by atoms with E-state index in [1.165, 1.54) is 0 Å². The highest BCUT2D eigenvalue weighted by Gasteiger charge is 2.26. The van der Waals surface area contributed by atoms with Crippen LogP contribution < -0.4 is 10.1 Å². The lowest BCUT2D eigenvalue weighted by Gasteiger charge is -2.13. The summed E-state index contributed by atoms with van der Waals surface area (Å²) >= 11 is 6.43. The van der Waals surface area contributed by atoms with E-state index >= 15 is 0 Å². The Labute approximate surface area is 136 Å². The molecule has 116 valence electrons. The van der Waals surface area contributed by atoms with Gasteiger partial charge in [-0.2, -0.15) is 5.10 Å². The van der Waals surface area contributed by atoms with Gasteiger partial charge in [0.25, 0.3) is 5.91 Å². The van der Waals surface area contributed by atoms with Gasteiger partial charge in [-0.25, -0.2) is 4.98 Å². The van der Waals surface area contributed by atoms with Gasteiger partial charge in [-0.15, -0.1) is 0 Å². The van der Waals surface area contributed by atoms with E-state index in [1.807, 2.05) is 6.07 Å². The van der Waals surface area contributed by atoms with Crippen LogP contribution in [-0.2, 0) is 6.54 Å². The van der Waals surface area contributed by atoms with Crippen molar-refractivity contribution in [1.29, 1.82) is 0 Å². The molecule has 0 aromatic carbocycles. The number of carbonyl (C=O) groups is 1. The Balaban J connectivity index is 1.98. The zero-order valence-electron chi connectivity index (χ0n) is 12.2. The minimum absolute atomic E-state index is 0.211. The molecule has 0 bridgehead atoms. The van der Waals surface area contributed by atoms with E-state index in [9.17, 15) is 4.79 Å². The zero-order valence-corrected chi connectivity index (χ0v) is 13.0. The minimum atomic E-state index is -0.211. The molecule has 0 saturated carbocycles. The van der Waals surface area contributed by atoms with Crippen molar-refractivity contribution in [3.8, 4) is 17.1 Å². The fraction of sp³-hybridized carbons (Fsp3) is 0.200. The third-order valence-corrected chi connectivity index (χ3v) is 4.14. The van der Waals surface area contributed by atoms with E-state index in [2.05, 4.69) is 20.4 Å². The van der Waals surface area contributed by atoms with Crippen LogP contribution in [-0.4, -0.2) is 39.3 Å². The van der Waals surface area contributed by atoms with Crippen LogP contribution in [0, 0.1) is 0 Å². The Bertz CT molecular complexity index is 937. The second-order valence-corrected chi connectivity index (χ2v) is 5.47. The van der Waals surface area contributed by atoms with E-state index in [0.29, 0.717) is 40.9 Å². The minimum Gasteiger partial charge on any atom is -0.481 e. The number of ether oxygens (including phenoxy) is 1. The average Bonchev–Trinajstić information content (AvgIpc) is 2.92. The predicted molar refractivity (Wildman–Crippen MR) is 84.7 cm³/mol. The van der Waals surface area contributed by atoms with Gasteiger partial charge >= 0.3 is 0 Å². The summed E-state index contributed by atoms with van der Waals surface area (Å²) in [4.78, 5) is 20.5. The van der Waals surface area contributed by atoms with Crippen LogP contribution in [0.4, 0.5) is 0 Å². The molecule has 23 heavy (non-hydrogen) atoms. The predicted octanol–water partition coefficient (Wildman–Crippen LogP) is 1.90. The van der Waals surface area contributed by atoms with Gasteiger partial charge in [-0.1, -0.05) is 11.6 Å². The molecular formula is C15H12ClN5O2. The van der Waals surface area contributed by atoms with E-state index < -0.39 is 0 Å². The smallest absolute Gasteiger partial charge is 0.271 e. The summed E-state index contributed by atoms with van der Waals surface area (Å²) < 4.78 is 6.82. The molecule has 4 rings (SSSR count). The highest BCUT2D eigenvalue weighted by molar-refractivity contribution is 6.36. The normalized spacial score (nSPS) is 13.7. The standard InChI is InChI=1S/C15H12ClN5O2/c1-23-11-6-9-8(2-3-17-10(9)7-19-11)13-12(16)14-15(22)18-4-5-21(14)20-13/h2-3,6-7H,4-5H2,1H3,(H,18,22). The molecule has 3 aromatic rings. The Morgan fingerprint density at radius 2 is 2.26 bits per heavy atom. The Kier molecular flexibility index (Phi) is 3.16. The average molecular weight is 330 g/mol. The van der Waals surface area contributed by atoms with Crippen molar-refractivity contribution in [1.82, 2.24) is 25.1 Å². The monoisotopic (exact) mass is 329 g/mol. The van der Waals surface area contributed by atoms with Gasteiger partial charge < -0.3 is 10.1 Å². The SMILES string of the molecule is COc1cc2c(-c3nn4c(c3Cl)C(=O)NCC4)ccnc2cn1. The van der Waals surface area contributed by atoms with Crippen LogP contribution in [0.5, 0.6) is 5.88 Å². The van der Waals surface area contributed by atoms with Gasteiger partial charge in [0.15, 0.2) is 0 Å². The zero-order chi connectivity index (χ0) is 16.0. The van der Waals surface area contributed by atoms with Crippen molar-refractivity contribution in [2.24, 2.45) is 0 Å². The molecule has 1 amide bonds. The van der Waals surface area contributed by atoms with Gasteiger partial charge in [-0.05, 0) is 6.07 Å². The first kappa shape index (κ1) is 14.0. The highest BCUT2D eigenvalue weighted by atomic mass is 35.5. The van der Waals surface area contributed by atoms with Crippen LogP contribution >= 0.6 is 11.6 Å². The molecule has 0 unspecified atom stereocenters. The fourth-order valence-electron chi connectivity index (χ4n) is 2.70. The molecule has 0 fully saturated rings. The van der Waals surface area contributed by atoms with E-state index in [-0.39, 0.29) is 5.91 Å². The lowest BCUT2D eigenvalue weighted by molar-refractivity contribution is 0.0924.